The molecule has 0 unspecified atom stereocenters. The van der Waals surface area contributed by atoms with Gasteiger partial charge in [0.05, 0.1) is 5.25 Å². The van der Waals surface area contributed by atoms with Gasteiger partial charge in [0.2, 0.25) is 5.91 Å². The fourth-order valence-corrected chi connectivity index (χ4v) is 4.77. The number of carbonyl (C=O) groups excluding carboxylic acids is 1. The number of amides is 1. The third-order valence-electron chi connectivity index (χ3n) is 4.77. The van der Waals surface area contributed by atoms with Crippen molar-refractivity contribution in [3.05, 3.63) is 64.1 Å². The second kappa shape index (κ2) is 8.92. The molecule has 0 radical (unpaired) electrons. The molecule has 4 rings (SSSR count). The predicted octanol–water partition coefficient (Wildman–Crippen LogP) is 4.10. The summed E-state index contributed by atoms with van der Waals surface area (Å²) in [6.07, 6.45) is 3.98. The standard InChI is InChI=1S/C21H24N4OS2/c1-15(20(26)22-12-11-16-6-3-2-4-7-16)28-21-24-23-19(25(21)17-9-10-17)14-18-8-5-13-27-18/h2-8,13,15,17H,9-12,14H2,1H3,(H,22,26)/t15-/m1/s1. The summed E-state index contributed by atoms with van der Waals surface area (Å²) in [5, 5.41) is 14.6. The Morgan fingerprint density at radius 2 is 2.07 bits per heavy atom. The Balaban J connectivity index is 1.35. The highest BCUT2D eigenvalue weighted by Gasteiger charge is 2.31. The highest BCUT2D eigenvalue weighted by Crippen LogP contribution is 2.40. The highest BCUT2D eigenvalue weighted by molar-refractivity contribution is 8.00. The zero-order valence-corrected chi connectivity index (χ0v) is 17.5. The van der Waals surface area contributed by atoms with Crippen molar-refractivity contribution in [2.45, 2.75) is 49.1 Å². The van der Waals surface area contributed by atoms with E-state index in [-0.39, 0.29) is 11.2 Å². The van der Waals surface area contributed by atoms with Gasteiger partial charge in [-0.05, 0) is 43.2 Å². The molecule has 7 heteroatoms. The van der Waals surface area contributed by atoms with E-state index in [1.54, 1.807) is 11.3 Å². The van der Waals surface area contributed by atoms with E-state index in [9.17, 15) is 4.79 Å². The molecule has 1 N–H and O–H groups in total. The number of hydrogen-bond acceptors (Lipinski definition) is 5. The molecule has 0 saturated heterocycles. The van der Waals surface area contributed by atoms with Crippen molar-refractivity contribution in [2.75, 3.05) is 6.54 Å². The lowest BCUT2D eigenvalue weighted by molar-refractivity contribution is -0.120. The van der Waals surface area contributed by atoms with Crippen molar-refractivity contribution in [1.29, 1.82) is 0 Å². The maximum absolute atomic E-state index is 12.5. The van der Waals surface area contributed by atoms with Crippen LogP contribution in [0.4, 0.5) is 0 Å². The highest BCUT2D eigenvalue weighted by atomic mass is 32.2. The zero-order valence-electron chi connectivity index (χ0n) is 15.9. The van der Waals surface area contributed by atoms with E-state index in [2.05, 4.69) is 49.7 Å². The van der Waals surface area contributed by atoms with Crippen LogP contribution in [0.2, 0.25) is 0 Å². The lowest BCUT2D eigenvalue weighted by atomic mass is 10.1. The first-order valence-electron chi connectivity index (χ1n) is 9.65. The molecule has 1 atom stereocenters. The predicted molar refractivity (Wildman–Crippen MR) is 114 cm³/mol. The number of aromatic nitrogens is 3. The van der Waals surface area contributed by atoms with Crippen molar-refractivity contribution in [3.63, 3.8) is 0 Å². The minimum Gasteiger partial charge on any atom is -0.355 e. The Morgan fingerprint density at radius 1 is 1.25 bits per heavy atom. The molecule has 2 aromatic heterocycles. The Morgan fingerprint density at radius 3 is 2.79 bits per heavy atom. The molecular weight excluding hydrogens is 388 g/mol. The van der Waals surface area contributed by atoms with Crippen LogP contribution in [-0.4, -0.2) is 32.5 Å². The number of hydrogen-bond donors (Lipinski definition) is 1. The summed E-state index contributed by atoms with van der Waals surface area (Å²) in [6, 6.07) is 14.9. The Bertz CT molecular complexity index is 904. The van der Waals surface area contributed by atoms with Crippen LogP contribution in [0.25, 0.3) is 0 Å². The smallest absolute Gasteiger partial charge is 0.233 e. The molecule has 0 spiro atoms. The van der Waals surface area contributed by atoms with E-state index in [1.165, 1.54) is 35.0 Å². The fraction of sp³-hybridized carbons (Fsp3) is 0.381. The van der Waals surface area contributed by atoms with Gasteiger partial charge in [-0.2, -0.15) is 0 Å². The molecule has 1 aromatic carbocycles. The van der Waals surface area contributed by atoms with Crippen LogP contribution in [0, 0.1) is 0 Å². The summed E-state index contributed by atoms with van der Waals surface area (Å²) >= 11 is 3.25. The quantitative estimate of drug-likeness (QED) is 0.538. The maximum Gasteiger partial charge on any atom is 0.233 e. The van der Waals surface area contributed by atoms with Crippen LogP contribution in [0.5, 0.6) is 0 Å². The van der Waals surface area contributed by atoms with Gasteiger partial charge in [-0.3, -0.25) is 4.79 Å². The van der Waals surface area contributed by atoms with Crippen LogP contribution in [-0.2, 0) is 17.6 Å². The van der Waals surface area contributed by atoms with E-state index >= 15 is 0 Å². The first-order chi connectivity index (χ1) is 13.7. The molecule has 1 amide bonds. The molecule has 0 aliphatic heterocycles. The summed E-state index contributed by atoms with van der Waals surface area (Å²) in [4.78, 5) is 13.8. The van der Waals surface area contributed by atoms with Gasteiger partial charge in [0.25, 0.3) is 0 Å². The largest absolute Gasteiger partial charge is 0.355 e. The maximum atomic E-state index is 12.5. The number of benzene rings is 1. The van der Waals surface area contributed by atoms with Gasteiger partial charge in [-0.25, -0.2) is 0 Å². The van der Waals surface area contributed by atoms with Gasteiger partial charge in [0, 0.05) is 23.9 Å². The number of nitrogens with one attached hydrogen (secondary N) is 1. The zero-order chi connectivity index (χ0) is 19.3. The van der Waals surface area contributed by atoms with Gasteiger partial charge in [0.15, 0.2) is 5.16 Å². The van der Waals surface area contributed by atoms with E-state index in [0.717, 1.165) is 23.8 Å². The summed E-state index contributed by atoms with van der Waals surface area (Å²) < 4.78 is 2.25. The van der Waals surface area contributed by atoms with E-state index in [1.807, 2.05) is 25.1 Å². The molecule has 146 valence electrons. The second-order valence-electron chi connectivity index (χ2n) is 7.04. The molecule has 1 aliphatic carbocycles. The van der Waals surface area contributed by atoms with Crippen molar-refractivity contribution < 1.29 is 4.79 Å². The first kappa shape index (κ1) is 19.2. The monoisotopic (exact) mass is 412 g/mol. The number of thioether (sulfide) groups is 1. The van der Waals surface area contributed by atoms with E-state index in [4.69, 9.17) is 0 Å². The van der Waals surface area contributed by atoms with Crippen molar-refractivity contribution in [1.82, 2.24) is 20.1 Å². The fourth-order valence-electron chi connectivity index (χ4n) is 3.11. The van der Waals surface area contributed by atoms with Crippen LogP contribution in [0.15, 0.2) is 53.0 Å². The Kier molecular flexibility index (Phi) is 6.12. The molecule has 1 saturated carbocycles. The van der Waals surface area contributed by atoms with Gasteiger partial charge < -0.3 is 9.88 Å². The van der Waals surface area contributed by atoms with Gasteiger partial charge in [-0.15, -0.1) is 21.5 Å². The topological polar surface area (TPSA) is 59.8 Å². The average Bonchev–Trinajstić information content (AvgIpc) is 3.26. The molecule has 1 fully saturated rings. The summed E-state index contributed by atoms with van der Waals surface area (Å²) in [5.74, 6) is 1.05. The van der Waals surface area contributed by atoms with E-state index in [0.29, 0.717) is 12.6 Å². The normalized spacial score (nSPS) is 14.8. The number of rotatable bonds is 9. The molecule has 5 nitrogen and oxygen atoms in total. The third kappa shape index (κ3) is 4.83. The van der Waals surface area contributed by atoms with Gasteiger partial charge >= 0.3 is 0 Å². The van der Waals surface area contributed by atoms with Crippen LogP contribution in [0.3, 0.4) is 0 Å². The average molecular weight is 413 g/mol. The minimum atomic E-state index is -0.202. The Labute approximate surface area is 173 Å². The molecule has 2 heterocycles. The summed E-state index contributed by atoms with van der Waals surface area (Å²) in [7, 11) is 0. The molecule has 28 heavy (non-hydrogen) atoms. The lowest BCUT2D eigenvalue weighted by Gasteiger charge is -2.13. The van der Waals surface area contributed by atoms with Crippen LogP contribution >= 0.6 is 23.1 Å². The van der Waals surface area contributed by atoms with Gasteiger partial charge in [-0.1, -0.05) is 48.2 Å². The first-order valence-corrected chi connectivity index (χ1v) is 11.4. The third-order valence-corrected chi connectivity index (χ3v) is 6.70. The van der Waals surface area contributed by atoms with Crippen molar-refractivity contribution in [2.24, 2.45) is 0 Å². The van der Waals surface area contributed by atoms with Crippen LogP contribution in [0.1, 0.15) is 42.1 Å². The number of nitrogens with zero attached hydrogens (tertiary/aromatic N) is 3. The molecule has 3 aromatic rings. The Hall–Kier alpha value is -2.12. The number of carbonyl (C=O) groups is 1. The second-order valence-corrected chi connectivity index (χ2v) is 9.38. The van der Waals surface area contributed by atoms with E-state index < -0.39 is 0 Å². The van der Waals surface area contributed by atoms with Crippen molar-refractivity contribution >= 4 is 29.0 Å². The SMILES string of the molecule is C[C@@H](Sc1nnc(Cc2cccs2)n1C1CC1)C(=O)NCCc1ccccc1. The lowest BCUT2D eigenvalue weighted by Crippen LogP contribution is -2.32. The molecule has 0 bridgehead atoms. The minimum absolute atomic E-state index is 0.0473. The van der Waals surface area contributed by atoms with Crippen LogP contribution < -0.4 is 5.32 Å². The molecule has 1 aliphatic rings. The number of thiophene rings is 1. The summed E-state index contributed by atoms with van der Waals surface area (Å²) in [6.45, 7) is 2.58. The summed E-state index contributed by atoms with van der Waals surface area (Å²) in [5.41, 5.74) is 1.23. The van der Waals surface area contributed by atoms with Crippen molar-refractivity contribution in [3.8, 4) is 0 Å². The molecular formula is C21H24N4OS2. The van der Waals surface area contributed by atoms with Gasteiger partial charge in [0.1, 0.15) is 5.82 Å².